The molecule has 1 heterocycles. The molecule has 0 aromatic rings. The molecule has 0 aromatic carbocycles. The number of fused-ring (bicyclic) bond motifs is 1. The van der Waals surface area contributed by atoms with Gasteiger partial charge < -0.3 is 5.32 Å². The molecule has 0 radical (unpaired) electrons. The number of hydrogen-bond donors (Lipinski definition) is 1. The Morgan fingerprint density at radius 2 is 2.08 bits per heavy atom. The molecule has 3 atom stereocenters. The first-order chi connectivity index (χ1) is 5.77. The summed E-state index contributed by atoms with van der Waals surface area (Å²) in [5.41, 5.74) is 0. The molecule has 1 saturated heterocycles. The van der Waals surface area contributed by atoms with E-state index in [1.54, 1.807) is 0 Å². The maximum atomic E-state index is 11.6. The molecular formula is C10H18NO+. The lowest BCUT2D eigenvalue weighted by molar-refractivity contribution is -0.728. The summed E-state index contributed by atoms with van der Waals surface area (Å²) in [6.07, 6.45) is 5.83. The summed E-state index contributed by atoms with van der Waals surface area (Å²) in [6.45, 7) is 2.17. The van der Waals surface area contributed by atoms with Crippen molar-refractivity contribution in [3.05, 3.63) is 0 Å². The lowest BCUT2D eigenvalue weighted by atomic mass is 9.77. The van der Waals surface area contributed by atoms with E-state index in [0.717, 1.165) is 12.8 Å². The Kier molecular flexibility index (Phi) is 2.18. The third-order valence-corrected chi connectivity index (χ3v) is 3.33. The molecule has 2 aliphatic rings. The summed E-state index contributed by atoms with van der Waals surface area (Å²) in [5, 5.41) is 2.42. The second kappa shape index (κ2) is 3.17. The molecule has 2 fully saturated rings. The van der Waals surface area contributed by atoms with E-state index in [0.29, 0.717) is 23.8 Å². The number of carbonyl (C=O) groups excluding carboxylic acids is 1. The second-order valence-electron chi connectivity index (χ2n) is 4.39. The Bertz CT molecular complexity index is 190. The lowest BCUT2D eigenvalue weighted by Crippen LogP contribution is -2.98. The largest absolute Gasteiger partial charge is 0.341 e. The van der Waals surface area contributed by atoms with Gasteiger partial charge in [0.2, 0.25) is 0 Å². The van der Waals surface area contributed by atoms with Crippen LogP contribution in [0.5, 0.6) is 0 Å². The fourth-order valence-corrected chi connectivity index (χ4v) is 2.75. The van der Waals surface area contributed by atoms with Gasteiger partial charge in [0.1, 0.15) is 5.78 Å². The fourth-order valence-electron chi connectivity index (χ4n) is 2.75. The summed E-state index contributed by atoms with van der Waals surface area (Å²) in [6, 6.07) is 1.17. The third kappa shape index (κ3) is 1.40. The molecule has 0 aromatic heterocycles. The van der Waals surface area contributed by atoms with E-state index in [-0.39, 0.29) is 0 Å². The Labute approximate surface area is 73.7 Å². The van der Waals surface area contributed by atoms with Crippen LogP contribution in [-0.2, 0) is 4.79 Å². The van der Waals surface area contributed by atoms with Crippen molar-refractivity contribution in [2.75, 3.05) is 0 Å². The maximum Gasteiger partial charge on any atom is 0.147 e. The van der Waals surface area contributed by atoms with Gasteiger partial charge in [-0.05, 0) is 19.8 Å². The van der Waals surface area contributed by atoms with Gasteiger partial charge in [-0.3, -0.25) is 4.79 Å². The topological polar surface area (TPSA) is 33.7 Å². The minimum absolute atomic E-state index is 0.412. The number of nitrogens with two attached hydrogens (primary N) is 1. The molecule has 1 saturated carbocycles. The van der Waals surface area contributed by atoms with Gasteiger partial charge in [-0.2, -0.15) is 0 Å². The third-order valence-electron chi connectivity index (χ3n) is 3.33. The first-order valence-electron chi connectivity index (χ1n) is 5.15. The number of quaternary nitrogens is 1. The van der Waals surface area contributed by atoms with E-state index < -0.39 is 0 Å². The zero-order valence-corrected chi connectivity index (χ0v) is 7.75. The van der Waals surface area contributed by atoms with Crippen LogP contribution in [-0.4, -0.2) is 17.9 Å². The highest BCUT2D eigenvalue weighted by atomic mass is 16.1. The van der Waals surface area contributed by atoms with Crippen molar-refractivity contribution in [1.29, 1.82) is 0 Å². The number of rotatable bonds is 0. The summed E-state index contributed by atoms with van der Waals surface area (Å²) >= 11 is 0. The predicted molar refractivity (Wildman–Crippen MR) is 46.8 cm³/mol. The van der Waals surface area contributed by atoms with Crippen molar-refractivity contribution in [2.24, 2.45) is 5.92 Å². The maximum absolute atomic E-state index is 11.6. The highest BCUT2D eigenvalue weighted by Gasteiger charge is 2.39. The van der Waals surface area contributed by atoms with Gasteiger partial charge in [0.25, 0.3) is 0 Å². The molecule has 68 valence electrons. The van der Waals surface area contributed by atoms with Gasteiger partial charge in [0, 0.05) is 6.42 Å². The van der Waals surface area contributed by atoms with Crippen LogP contribution in [0.3, 0.4) is 0 Å². The van der Waals surface area contributed by atoms with Gasteiger partial charge in [0.05, 0.1) is 24.4 Å². The molecular weight excluding hydrogens is 150 g/mol. The second-order valence-corrected chi connectivity index (χ2v) is 4.39. The minimum atomic E-state index is 0.412. The number of piperidine rings is 1. The van der Waals surface area contributed by atoms with Crippen LogP contribution in [0.2, 0.25) is 0 Å². The molecule has 0 amide bonds. The van der Waals surface area contributed by atoms with Crippen LogP contribution in [0.15, 0.2) is 0 Å². The van der Waals surface area contributed by atoms with E-state index in [1.807, 2.05) is 0 Å². The summed E-state index contributed by atoms with van der Waals surface area (Å²) < 4.78 is 0. The smallest absolute Gasteiger partial charge is 0.147 e. The van der Waals surface area contributed by atoms with Crippen LogP contribution >= 0.6 is 0 Å². The average molecular weight is 168 g/mol. The van der Waals surface area contributed by atoms with E-state index in [2.05, 4.69) is 12.2 Å². The Hall–Kier alpha value is -0.370. The highest BCUT2D eigenvalue weighted by Crippen LogP contribution is 2.26. The Morgan fingerprint density at radius 3 is 2.92 bits per heavy atom. The number of hydrogen-bond acceptors (Lipinski definition) is 1. The number of carbonyl (C=O) groups is 1. The molecule has 0 unspecified atom stereocenters. The Morgan fingerprint density at radius 1 is 1.33 bits per heavy atom. The van der Waals surface area contributed by atoms with E-state index in [1.165, 1.54) is 19.3 Å². The lowest BCUT2D eigenvalue weighted by Gasteiger charge is -2.34. The van der Waals surface area contributed by atoms with Crippen molar-refractivity contribution in [1.82, 2.24) is 0 Å². The fraction of sp³-hybridized carbons (Fsp3) is 0.900. The summed E-state index contributed by atoms with van der Waals surface area (Å²) in [4.78, 5) is 11.6. The van der Waals surface area contributed by atoms with Crippen LogP contribution in [0.1, 0.15) is 39.0 Å². The van der Waals surface area contributed by atoms with Crippen LogP contribution in [0.4, 0.5) is 0 Å². The number of ketones is 1. The first-order valence-corrected chi connectivity index (χ1v) is 5.15. The molecule has 2 rings (SSSR count). The molecule has 2 N–H and O–H groups in total. The molecule has 2 heteroatoms. The van der Waals surface area contributed by atoms with Crippen LogP contribution < -0.4 is 5.32 Å². The van der Waals surface area contributed by atoms with Gasteiger partial charge >= 0.3 is 0 Å². The van der Waals surface area contributed by atoms with E-state index in [9.17, 15) is 4.79 Å². The molecule has 0 spiro atoms. The zero-order chi connectivity index (χ0) is 8.55. The van der Waals surface area contributed by atoms with Gasteiger partial charge in [-0.1, -0.05) is 6.42 Å². The van der Waals surface area contributed by atoms with Gasteiger partial charge in [0.15, 0.2) is 0 Å². The number of Topliss-reactive ketones (excluding diaryl/α,β-unsaturated/α-hetero) is 1. The van der Waals surface area contributed by atoms with E-state index >= 15 is 0 Å². The van der Waals surface area contributed by atoms with Crippen molar-refractivity contribution in [3.63, 3.8) is 0 Å². The molecule has 0 bridgehead atoms. The van der Waals surface area contributed by atoms with Crippen LogP contribution in [0, 0.1) is 5.92 Å². The van der Waals surface area contributed by atoms with Gasteiger partial charge in [-0.25, -0.2) is 0 Å². The van der Waals surface area contributed by atoms with Crippen molar-refractivity contribution < 1.29 is 10.1 Å². The van der Waals surface area contributed by atoms with Crippen molar-refractivity contribution >= 4 is 5.78 Å². The van der Waals surface area contributed by atoms with E-state index in [4.69, 9.17) is 0 Å². The first kappa shape index (κ1) is 8.24. The SMILES string of the molecule is C[C@H]1CC(=O)[C@@H]2CCCC[C@@H]2[NH2+]1. The molecule has 1 aliphatic heterocycles. The van der Waals surface area contributed by atoms with Crippen molar-refractivity contribution in [3.8, 4) is 0 Å². The summed E-state index contributed by atoms with van der Waals surface area (Å²) in [7, 11) is 0. The highest BCUT2D eigenvalue weighted by molar-refractivity contribution is 5.82. The van der Waals surface area contributed by atoms with Gasteiger partial charge in [-0.15, -0.1) is 0 Å². The van der Waals surface area contributed by atoms with Crippen LogP contribution in [0.25, 0.3) is 0 Å². The standard InChI is InChI=1S/C10H17NO/c1-7-6-10(12)8-4-2-3-5-9(8)11-7/h7-9,11H,2-6H2,1H3/p+1/t7-,8+,9-/m0/s1. The molecule has 12 heavy (non-hydrogen) atoms. The molecule has 2 nitrogen and oxygen atoms in total. The zero-order valence-electron chi connectivity index (χ0n) is 7.75. The quantitative estimate of drug-likeness (QED) is 0.560. The monoisotopic (exact) mass is 168 g/mol. The normalized spacial score (nSPS) is 42.4. The predicted octanol–water partition coefficient (Wildman–Crippen LogP) is 0.470. The minimum Gasteiger partial charge on any atom is -0.341 e. The summed E-state index contributed by atoms with van der Waals surface area (Å²) in [5.74, 6) is 0.949. The Balaban J connectivity index is 2.06. The van der Waals surface area contributed by atoms with Crippen molar-refractivity contribution in [2.45, 2.75) is 51.1 Å². The molecule has 1 aliphatic carbocycles. The average Bonchev–Trinajstić information content (AvgIpc) is 2.04.